The zero-order valence-corrected chi connectivity index (χ0v) is 11.8. The highest BCUT2D eigenvalue weighted by Crippen LogP contribution is 2.23. The average molecular weight is 286 g/mol. The molecule has 0 atom stereocenters. The predicted molar refractivity (Wildman–Crippen MR) is 71.3 cm³/mol. The van der Waals surface area contributed by atoms with E-state index < -0.39 is 11.9 Å². The first-order chi connectivity index (χ1) is 8.86. The van der Waals surface area contributed by atoms with E-state index in [0.717, 1.165) is 0 Å². The fourth-order valence-corrected chi connectivity index (χ4v) is 1.70. The van der Waals surface area contributed by atoms with Crippen molar-refractivity contribution in [3.63, 3.8) is 0 Å². The summed E-state index contributed by atoms with van der Waals surface area (Å²) < 4.78 is 4.55. The maximum atomic E-state index is 12.3. The van der Waals surface area contributed by atoms with Crippen LogP contribution in [-0.2, 0) is 9.53 Å². The van der Waals surface area contributed by atoms with E-state index in [-0.39, 0.29) is 23.9 Å². The predicted octanol–water partition coefficient (Wildman–Crippen LogP) is 2.07. The summed E-state index contributed by atoms with van der Waals surface area (Å²) >= 11 is 5.80. The van der Waals surface area contributed by atoms with E-state index in [1.165, 1.54) is 30.2 Å². The molecule has 0 aliphatic rings. The number of benzene rings is 1. The van der Waals surface area contributed by atoms with Gasteiger partial charge in [-0.1, -0.05) is 11.6 Å². The number of rotatable bonds is 4. The van der Waals surface area contributed by atoms with Crippen molar-refractivity contribution >= 4 is 23.5 Å². The van der Waals surface area contributed by atoms with Gasteiger partial charge in [0.2, 0.25) is 0 Å². The van der Waals surface area contributed by atoms with Gasteiger partial charge in [0.25, 0.3) is 5.91 Å². The van der Waals surface area contributed by atoms with Gasteiger partial charge in [-0.3, -0.25) is 9.59 Å². The number of ether oxygens (including phenoxy) is 1. The molecule has 19 heavy (non-hydrogen) atoms. The molecule has 1 aromatic rings. The van der Waals surface area contributed by atoms with Gasteiger partial charge in [-0.05, 0) is 32.0 Å². The van der Waals surface area contributed by atoms with Gasteiger partial charge in [-0.2, -0.15) is 0 Å². The summed E-state index contributed by atoms with van der Waals surface area (Å²) in [7, 11) is 1.25. The van der Waals surface area contributed by atoms with Crippen molar-refractivity contribution in [3.8, 4) is 5.75 Å². The van der Waals surface area contributed by atoms with Crippen LogP contribution < -0.4 is 0 Å². The highest BCUT2D eigenvalue weighted by molar-refractivity contribution is 6.31. The minimum Gasteiger partial charge on any atom is -0.507 e. The monoisotopic (exact) mass is 285 g/mol. The van der Waals surface area contributed by atoms with Gasteiger partial charge < -0.3 is 14.7 Å². The number of amides is 1. The van der Waals surface area contributed by atoms with Crippen LogP contribution in [0.25, 0.3) is 0 Å². The number of methoxy groups -OCH3 is 1. The van der Waals surface area contributed by atoms with Crippen LogP contribution in [0, 0.1) is 0 Å². The molecule has 0 aliphatic heterocycles. The molecule has 1 N–H and O–H groups in total. The highest BCUT2D eigenvalue weighted by Gasteiger charge is 2.24. The van der Waals surface area contributed by atoms with Crippen molar-refractivity contribution in [2.24, 2.45) is 0 Å². The van der Waals surface area contributed by atoms with Crippen LogP contribution in [0.15, 0.2) is 18.2 Å². The van der Waals surface area contributed by atoms with Crippen LogP contribution >= 0.6 is 11.6 Å². The third-order valence-corrected chi connectivity index (χ3v) is 2.84. The Morgan fingerprint density at radius 3 is 2.58 bits per heavy atom. The second-order valence-corrected chi connectivity index (χ2v) is 4.70. The molecule has 1 aromatic carbocycles. The first-order valence-corrected chi connectivity index (χ1v) is 6.11. The lowest BCUT2D eigenvalue weighted by Crippen LogP contribution is -2.41. The molecule has 0 saturated heterocycles. The van der Waals surface area contributed by atoms with E-state index in [0.29, 0.717) is 5.02 Å². The van der Waals surface area contributed by atoms with Crippen molar-refractivity contribution in [2.45, 2.75) is 19.9 Å². The van der Waals surface area contributed by atoms with Crippen molar-refractivity contribution in [3.05, 3.63) is 28.8 Å². The zero-order chi connectivity index (χ0) is 14.6. The quantitative estimate of drug-likeness (QED) is 0.860. The van der Waals surface area contributed by atoms with E-state index >= 15 is 0 Å². The summed E-state index contributed by atoms with van der Waals surface area (Å²) in [5, 5.41) is 10.0. The van der Waals surface area contributed by atoms with Crippen LogP contribution in [-0.4, -0.2) is 41.6 Å². The summed E-state index contributed by atoms with van der Waals surface area (Å²) in [5.74, 6) is -1.17. The van der Waals surface area contributed by atoms with Crippen LogP contribution in [0.1, 0.15) is 24.2 Å². The summed E-state index contributed by atoms with van der Waals surface area (Å²) in [6.45, 7) is 3.35. The Kier molecular flexibility index (Phi) is 5.18. The maximum absolute atomic E-state index is 12.3. The molecule has 0 aromatic heterocycles. The van der Waals surface area contributed by atoms with E-state index in [4.69, 9.17) is 11.6 Å². The molecule has 6 heteroatoms. The SMILES string of the molecule is COC(=O)CN(C(=O)c1cc(Cl)ccc1O)C(C)C. The largest absolute Gasteiger partial charge is 0.507 e. The van der Waals surface area contributed by atoms with E-state index in [1.54, 1.807) is 13.8 Å². The standard InChI is InChI=1S/C13H16ClNO4/c1-8(2)15(7-12(17)19-3)13(18)10-6-9(14)4-5-11(10)16/h4-6,8,16H,7H2,1-3H3. The summed E-state index contributed by atoms with van der Waals surface area (Å²) in [5.41, 5.74) is 0.0603. The van der Waals surface area contributed by atoms with Gasteiger partial charge in [0.1, 0.15) is 12.3 Å². The number of nitrogens with zero attached hydrogens (tertiary/aromatic N) is 1. The molecule has 1 amide bonds. The number of aromatic hydroxyl groups is 1. The number of hydrogen-bond donors (Lipinski definition) is 1. The lowest BCUT2D eigenvalue weighted by Gasteiger charge is -2.25. The van der Waals surface area contributed by atoms with Gasteiger partial charge in [-0.15, -0.1) is 0 Å². The number of phenols is 1. The van der Waals surface area contributed by atoms with Crippen LogP contribution in [0.3, 0.4) is 0 Å². The molecule has 0 saturated carbocycles. The Balaban J connectivity index is 3.05. The van der Waals surface area contributed by atoms with Crippen molar-refractivity contribution < 1.29 is 19.4 Å². The summed E-state index contributed by atoms with van der Waals surface area (Å²) in [6, 6.07) is 3.97. The van der Waals surface area contributed by atoms with Crippen molar-refractivity contribution in [1.82, 2.24) is 4.90 Å². The minimum absolute atomic E-state index is 0.0603. The fraction of sp³-hybridized carbons (Fsp3) is 0.385. The second kappa shape index (κ2) is 6.43. The molecule has 0 heterocycles. The Bertz CT molecular complexity index is 488. The molecule has 0 fully saturated rings. The van der Waals surface area contributed by atoms with Gasteiger partial charge >= 0.3 is 5.97 Å². The summed E-state index contributed by atoms with van der Waals surface area (Å²) in [6.07, 6.45) is 0. The first kappa shape index (κ1) is 15.3. The topological polar surface area (TPSA) is 66.8 Å². The molecule has 0 aliphatic carbocycles. The van der Waals surface area contributed by atoms with Crippen molar-refractivity contribution in [2.75, 3.05) is 13.7 Å². The average Bonchev–Trinajstić information content (AvgIpc) is 2.37. The number of hydrogen-bond acceptors (Lipinski definition) is 4. The molecule has 0 spiro atoms. The first-order valence-electron chi connectivity index (χ1n) is 5.73. The second-order valence-electron chi connectivity index (χ2n) is 4.26. The zero-order valence-electron chi connectivity index (χ0n) is 11.0. The third kappa shape index (κ3) is 3.86. The Morgan fingerprint density at radius 2 is 2.05 bits per heavy atom. The molecule has 5 nitrogen and oxygen atoms in total. The number of carbonyl (C=O) groups excluding carboxylic acids is 2. The number of esters is 1. The van der Waals surface area contributed by atoms with Gasteiger partial charge in [0.05, 0.1) is 12.7 Å². The van der Waals surface area contributed by atoms with E-state index in [1.807, 2.05) is 0 Å². The highest BCUT2D eigenvalue weighted by atomic mass is 35.5. The van der Waals surface area contributed by atoms with Crippen LogP contribution in [0.5, 0.6) is 5.75 Å². The number of carbonyl (C=O) groups is 2. The van der Waals surface area contributed by atoms with Gasteiger partial charge in [-0.25, -0.2) is 0 Å². The Morgan fingerprint density at radius 1 is 1.42 bits per heavy atom. The smallest absolute Gasteiger partial charge is 0.325 e. The normalized spacial score (nSPS) is 10.4. The van der Waals surface area contributed by atoms with E-state index in [2.05, 4.69) is 4.74 Å². The van der Waals surface area contributed by atoms with Crippen molar-refractivity contribution in [1.29, 1.82) is 0 Å². The molecule has 0 bridgehead atoms. The molecular formula is C13H16ClNO4. The minimum atomic E-state index is -0.524. The number of halogens is 1. The third-order valence-electron chi connectivity index (χ3n) is 2.60. The molecule has 1 rings (SSSR count). The molecule has 104 valence electrons. The number of phenolic OH excluding ortho intramolecular Hbond substituents is 1. The van der Waals surface area contributed by atoms with Gasteiger partial charge in [0.15, 0.2) is 0 Å². The lowest BCUT2D eigenvalue weighted by molar-refractivity contribution is -0.141. The molecular weight excluding hydrogens is 270 g/mol. The van der Waals surface area contributed by atoms with E-state index in [9.17, 15) is 14.7 Å². The Hall–Kier alpha value is -1.75. The molecule has 0 unspecified atom stereocenters. The van der Waals surface area contributed by atoms with Gasteiger partial charge in [0, 0.05) is 11.1 Å². The molecule has 0 radical (unpaired) electrons. The fourth-order valence-electron chi connectivity index (χ4n) is 1.53. The lowest BCUT2D eigenvalue weighted by atomic mass is 10.1. The summed E-state index contributed by atoms with van der Waals surface area (Å²) in [4.78, 5) is 24.9. The Labute approximate surface area is 116 Å². The van der Waals surface area contributed by atoms with Crippen LogP contribution in [0.2, 0.25) is 5.02 Å². The van der Waals surface area contributed by atoms with Crippen LogP contribution in [0.4, 0.5) is 0 Å². The maximum Gasteiger partial charge on any atom is 0.325 e.